The molecular weight excluding hydrogens is 272 g/mol. The zero-order valence-corrected chi connectivity index (χ0v) is 14.0. The van der Waals surface area contributed by atoms with Crippen molar-refractivity contribution in [2.45, 2.75) is 58.1 Å². The number of hydrogen-bond donors (Lipinski definition) is 1. The lowest BCUT2D eigenvalue weighted by Gasteiger charge is -2.31. The van der Waals surface area contributed by atoms with Crippen LogP contribution < -0.4 is 5.32 Å². The third kappa shape index (κ3) is 3.74. The summed E-state index contributed by atoms with van der Waals surface area (Å²) in [5.74, 6) is 0.635. The maximum absolute atomic E-state index is 12.7. The predicted molar refractivity (Wildman–Crippen MR) is 83.2 cm³/mol. The van der Waals surface area contributed by atoms with Crippen molar-refractivity contribution in [1.82, 2.24) is 9.62 Å². The maximum Gasteiger partial charge on any atom is 0.217 e. The van der Waals surface area contributed by atoms with Gasteiger partial charge in [0.05, 0.1) is 5.25 Å². The van der Waals surface area contributed by atoms with Crippen LogP contribution >= 0.6 is 0 Å². The Labute approximate surface area is 124 Å². The van der Waals surface area contributed by atoms with E-state index in [0.29, 0.717) is 12.5 Å². The van der Waals surface area contributed by atoms with Crippen LogP contribution in [0.15, 0.2) is 0 Å². The molecule has 0 aromatic carbocycles. The van der Waals surface area contributed by atoms with Gasteiger partial charge in [-0.25, -0.2) is 12.7 Å². The molecule has 20 heavy (non-hydrogen) atoms. The van der Waals surface area contributed by atoms with Gasteiger partial charge in [0.1, 0.15) is 0 Å². The minimum atomic E-state index is -3.08. The molecule has 0 amide bonds. The molecule has 118 valence electrons. The largest absolute Gasteiger partial charge is 0.317 e. The van der Waals surface area contributed by atoms with Crippen LogP contribution in [0.4, 0.5) is 0 Å². The Bertz CT molecular complexity index is 408. The van der Waals surface area contributed by atoms with Gasteiger partial charge in [-0.3, -0.25) is 0 Å². The van der Waals surface area contributed by atoms with E-state index in [9.17, 15) is 8.42 Å². The maximum atomic E-state index is 12.7. The van der Waals surface area contributed by atoms with Crippen LogP contribution in [0.3, 0.4) is 0 Å². The summed E-state index contributed by atoms with van der Waals surface area (Å²) >= 11 is 0. The van der Waals surface area contributed by atoms with E-state index < -0.39 is 10.0 Å². The second-order valence-electron chi connectivity index (χ2n) is 7.39. The third-order valence-electron chi connectivity index (χ3n) is 4.98. The van der Waals surface area contributed by atoms with Crippen LogP contribution in [0.25, 0.3) is 0 Å². The minimum absolute atomic E-state index is 0.157. The van der Waals surface area contributed by atoms with E-state index in [2.05, 4.69) is 26.1 Å². The van der Waals surface area contributed by atoms with E-state index in [0.717, 1.165) is 51.7 Å². The van der Waals surface area contributed by atoms with Crippen molar-refractivity contribution in [3.63, 3.8) is 0 Å². The van der Waals surface area contributed by atoms with Gasteiger partial charge in [0, 0.05) is 13.1 Å². The van der Waals surface area contributed by atoms with Gasteiger partial charge in [-0.2, -0.15) is 0 Å². The molecule has 0 radical (unpaired) electrons. The van der Waals surface area contributed by atoms with Crippen LogP contribution in [0.2, 0.25) is 0 Å². The van der Waals surface area contributed by atoms with E-state index in [1.54, 1.807) is 4.31 Å². The van der Waals surface area contributed by atoms with E-state index in [4.69, 9.17) is 0 Å². The predicted octanol–water partition coefficient (Wildman–Crippen LogP) is 2.22. The van der Waals surface area contributed by atoms with Crippen molar-refractivity contribution in [1.29, 1.82) is 0 Å². The Morgan fingerprint density at radius 1 is 1.00 bits per heavy atom. The molecule has 2 fully saturated rings. The Morgan fingerprint density at radius 2 is 1.65 bits per heavy atom. The van der Waals surface area contributed by atoms with Gasteiger partial charge in [0.15, 0.2) is 0 Å². The summed E-state index contributed by atoms with van der Waals surface area (Å²) in [5.41, 5.74) is 0.286. The highest BCUT2D eigenvalue weighted by atomic mass is 32.2. The first-order valence-electron chi connectivity index (χ1n) is 8.01. The minimum Gasteiger partial charge on any atom is -0.317 e. The summed E-state index contributed by atoms with van der Waals surface area (Å²) in [7, 11) is -3.08. The Hall–Kier alpha value is -0.130. The fraction of sp³-hybridized carbons (Fsp3) is 1.00. The first kappa shape index (κ1) is 16.2. The Morgan fingerprint density at radius 3 is 2.25 bits per heavy atom. The number of nitrogens with zero attached hydrogens (tertiary/aromatic N) is 1. The summed E-state index contributed by atoms with van der Waals surface area (Å²) in [4.78, 5) is 0. The molecule has 0 spiro atoms. The standard InChI is InChI=1S/C15H30N2O2S/c1-15(2,3)13-5-4-11-17(12-8-13)20(18,19)14-6-9-16-10-7-14/h13-14,16H,4-12H2,1-3H3. The lowest BCUT2D eigenvalue weighted by atomic mass is 9.77. The fourth-order valence-corrected chi connectivity index (χ4v) is 5.49. The molecule has 1 N–H and O–H groups in total. The van der Waals surface area contributed by atoms with Gasteiger partial charge in [-0.1, -0.05) is 20.8 Å². The summed E-state index contributed by atoms with van der Waals surface area (Å²) in [6.07, 6.45) is 4.70. The van der Waals surface area contributed by atoms with Gasteiger partial charge < -0.3 is 5.32 Å². The number of piperidine rings is 1. The molecule has 0 bridgehead atoms. The topological polar surface area (TPSA) is 49.4 Å². The van der Waals surface area contributed by atoms with Gasteiger partial charge in [0.25, 0.3) is 0 Å². The van der Waals surface area contributed by atoms with Crippen LogP contribution in [-0.4, -0.2) is 44.2 Å². The number of rotatable bonds is 2. The van der Waals surface area contributed by atoms with E-state index in [-0.39, 0.29) is 10.7 Å². The second kappa shape index (κ2) is 6.32. The van der Waals surface area contributed by atoms with Crippen LogP contribution in [0.1, 0.15) is 52.9 Å². The van der Waals surface area contributed by atoms with Crippen molar-refractivity contribution < 1.29 is 8.42 Å². The number of hydrogen-bond acceptors (Lipinski definition) is 3. The van der Waals surface area contributed by atoms with Gasteiger partial charge >= 0.3 is 0 Å². The smallest absolute Gasteiger partial charge is 0.217 e. The molecule has 1 atom stereocenters. The average Bonchev–Trinajstić information content (AvgIpc) is 2.65. The van der Waals surface area contributed by atoms with Crippen LogP contribution in [0, 0.1) is 11.3 Å². The van der Waals surface area contributed by atoms with E-state index in [1.807, 2.05) is 0 Å². The normalized spacial score (nSPS) is 28.2. The zero-order chi connectivity index (χ0) is 14.8. The monoisotopic (exact) mass is 302 g/mol. The van der Waals surface area contributed by atoms with Crippen molar-refractivity contribution >= 4 is 10.0 Å². The van der Waals surface area contributed by atoms with Gasteiger partial charge in [-0.05, 0) is 56.5 Å². The lowest BCUT2D eigenvalue weighted by Crippen LogP contribution is -2.44. The first-order valence-corrected chi connectivity index (χ1v) is 9.52. The SMILES string of the molecule is CC(C)(C)C1CCCN(S(=O)(=O)C2CCNCC2)CC1. The number of nitrogens with one attached hydrogen (secondary N) is 1. The highest BCUT2D eigenvalue weighted by molar-refractivity contribution is 7.89. The molecule has 1 unspecified atom stereocenters. The highest BCUT2D eigenvalue weighted by Gasteiger charge is 2.35. The molecule has 2 heterocycles. The molecule has 4 nitrogen and oxygen atoms in total. The molecular formula is C15H30N2O2S. The van der Waals surface area contributed by atoms with E-state index >= 15 is 0 Å². The Balaban J connectivity index is 2.02. The quantitative estimate of drug-likeness (QED) is 0.851. The van der Waals surface area contributed by atoms with Crippen LogP contribution in [0.5, 0.6) is 0 Å². The summed E-state index contributed by atoms with van der Waals surface area (Å²) in [6, 6.07) is 0. The van der Waals surface area contributed by atoms with Crippen molar-refractivity contribution in [3.8, 4) is 0 Å². The van der Waals surface area contributed by atoms with Gasteiger partial charge in [0.2, 0.25) is 10.0 Å². The number of sulfonamides is 1. The Kier molecular flexibility index (Phi) is 5.14. The second-order valence-corrected chi connectivity index (χ2v) is 9.60. The van der Waals surface area contributed by atoms with Crippen molar-refractivity contribution in [2.24, 2.45) is 11.3 Å². The molecule has 0 aliphatic carbocycles. The van der Waals surface area contributed by atoms with Crippen molar-refractivity contribution in [2.75, 3.05) is 26.2 Å². The molecule has 0 aromatic rings. The van der Waals surface area contributed by atoms with Gasteiger partial charge in [-0.15, -0.1) is 0 Å². The summed E-state index contributed by atoms with van der Waals surface area (Å²) < 4.78 is 27.3. The third-order valence-corrected chi connectivity index (χ3v) is 7.38. The zero-order valence-electron chi connectivity index (χ0n) is 13.2. The molecule has 2 aliphatic rings. The molecule has 2 rings (SSSR count). The first-order chi connectivity index (χ1) is 9.32. The lowest BCUT2D eigenvalue weighted by molar-refractivity contribution is 0.216. The summed E-state index contributed by atoms with van der Waals surface area (Å²) in [6.45, 7) is 9.93. The molecule has 0 aromatic heterocycles. The molecule has 5 heteroatoms. The summed E-state index contributed by atoms with van der Waals surface area (Å²) in [5, 5.41) is 3.09. The highest BCUT2D eigenvalue weighted by Crippen LogP contribution is 2.35. The van der Waals surface area contributed by atoms with Crippen molar-refractivity contribution in [3.05, 3.63) is 0 Å². The van der Waals surface area contributed by atoms with Crippen LogP contribution in [-0.2, 0) is 10.0 Å². The fourth-order valence-electron chi connectivity index (χ4n) is 3.49. The molecule has 2 saturated heterocycles. The van der Waals surface area contributed by atoms with E-state index in [1.165, 1.54) is 0 Å². The average molecular weight is 302 g/mol. The molecule has 0 saturated carbocycles. The molecule has 2 aliphatic heterocycles.